The molecular formula is C14H10BrCl3O. The van der Waals surface area contributed by atoms with E-state index in [2.05, 4.69) is 15.9 Å². The van der Waals surface area contributed by atoms with Gasteiger partial charge < -0.3 is 4.74 Å². The van der Waals surface area contributed by atoms with Gasteiger partial charge in [-0.3, -0.25) is 0 Å². The zero-order valence-electron chi connectivity index (χ0n) is 9.96. The van der Waals surface area contributed by atoms with E-state index in [1.54, 1.807) is 13.2 Å². The van der Waals surface area contributed by atoms with Gasteiger partial charge in [-0.25, -0.2) is 0 Å². The van der Waals surface area contributed by atoms with Crippen LogP contribution in [0.5, 0.6) is 5.75 Å². The van der Waals surface area contributed by atoms with Crippen LogP contribution in [0.4, 0.5) is 0 Å². The first-order valence-corrected chi connectivity index (χ1v) is 7.44. The molecule has 1 unspecified atom stereocenters. The van der Waals surface area contributed by atoms with Gasteiger partial charge in [-0.1, -0.05) is 41.4 Å². The molecule has 2 rings (SSSR count). The van der Waals surface area contributed by atoms with Crippen LogP contribution in [0.25, 0.3) is 0 Å². The van der Waals surface area contributed by atoms with Gasteiger partial charge in [-0.05, 0) is 45.3 Å². The molecule has 5 heteroatoms. The molecule has 0 aliphatic heterocycles. The molecule has 2 aromatic rings. The van der Waals surface area contributed by atoms with Gasteiger partial charge in [-0.15, -0.1) is 11.6 Å². The average Bonchev–Trinajstić information content (AvgIpc) is 2.41. The Hall–Kier alpha value is -0.410. The molecule has 0 radical (unpaired) electrons. The molecule has 0 heterocycles. The SMILES string of the molecule is COc1ccc(C(Cl)c2cccc(Cl)c2Cl)cc1Br. The minimum atomic E-state index is -0.367. The van der Waals surface area contributed by atoms with E-state index in [0.29, 0.717) is 10.0 Å². The molecule has 0 aliphatic carbocycles. The van der Waals surface area contributed by atoms with Gasteiger partial charge in [0.15, 0.2) is 0 Å². The Morgan fingerprint density at radius 3 is 2.53 bits per heavy atom. The Kier molecular flexibility index (Phi) is 5.02. The monoisotopic (exact) mass is 378 g/mol. The lowest BCUT2D eigenvalue weighted by Gasteiger charge is -2.14. The predicted molar refractivity (Wildman–Crippen MR) is 84.9 cm³/mol. The summed E-state index contributed by atoms with van der Waals surface area (Å²) in [5.41, 5.74) is 1.70. The van der Waals surface area contributed by atoms with Crippen LogP contribution < -0.4 is 4.74 Å². The van der Waals surface area contributed by atoms with Gasteiger partial charge in [0.25, 0.3) is 0 Å². The summed E-state index contributed by atoms with van der Waals surface area (Å²) in [5, 5.41) is 0.613. The second-order valence-electron chi connectivity index (χ2n) is 3.90. The number of hydrogen-bond donors (Lipinski definition) is 0. The summed E-state index contributed by atoms with van der Waals surface area (Å²) in [5.74, 6) is 0.754. The lowest BCUT2D eigenvalue weighted by Crippen LogP contribution is -1.96. The van der Waals surface area contributed by atoms with E-state index in [1.165, 1.54) is 0 Å². The molecule has 0 amide bonds. The molecule has 2 aromatic carbocycles. The standard InChI is InChI=1S/C14H10BrCl3O/c1-19-12-6-5-8(7-10(12)15)13(17)9-3-2-4-11(16)14(9)18/h2-7,13H,1H3. The average molecular weight is 380 g/mol. The molecule has 0 saturated heterocycles. The molecular weight excluding hydrogens is 370 g/mol. The number of halogens is 4. The van der Waals surface area contributed by atoms with Crippen molar-refractivity contribution in [2.24, 2.45) is 0 Å². The van der Waals surface area contributed by atoms with Gasteiger partial charge in [0, 0.05) is 0 Å². The Morgan fingerprint density at radius 2 is 1.89 bits per heavy atom. The van der Waals surface area contributed by atoms with E-state index < -0.39 is 0 Å². The van der Waals surface area contributed by atoms with Crippen molar-refractivity contribution in [3.63, 3.8) is 0 Å². The minimum absolute atomic E-state index is 0.367. The van der Waals surface area contributed by atoms with Crippen molar-refractivity contribution in [2.45, 2.75) is 5.38 Å². The Balaban J connectivity index is 2.41. The smallest absolute Gasteiger partial charge is 0.133 e. The first-order valence-electron chi connectivity index (χ1n) is 5.46. The van der Waals surface area contributed by atoms with Crippen LogP contribution >= 0.6 is 50.7 Å². The number of alkyl halides is 1. The maximum absolute atomic E-state index is 6.47. The summed E-state index contributed by atoms with van der Waals surface area (Å²) in [7, 11) is 1.62. The van der Waals surface area contributed by atoms with Gasteiger partial charge in [0.05, 0.1) is 27.0 Å². The maximum atomic E-state index is 6.47. The van der Waals surface area contributed by atoms with Crippen molar-refractivity contribution in [3.05, 3.63) is 62.0 Å². The van der Waals surface area contributed by atoms with Crippen molar-refractivity contribution in [1.29, 1.82) is 0 Å². The molecule has 0 aliphatic rings. The molecule has 1 nitrogen and oxygen atoms in total. The number of rotatable bonds is 3. The van der Waals surface area contributed by atoms with Crippen LogP contribution in [0.15, 0.2) is 40.9 Å². The minimum Gasteiger partial charge on any atom is -0.496 e. The highest BCUT2D eigenvalue weighted by Gasteiger charge is 2.17. The first-order chi connectivity index (χ1) is 9.04. The molecule has 100 valence electrons. The van der Waals surface area contributed by atoms with Gasteiger partial charge >= 0.3 is 0 Å². The maximum Gasteiger partial charge on any atom is 0.133 e. The molecule has 1 atom stereocenters. The van der Waals surface area contributed by atoms with Gasteiger partial charge in [0.2, 0.25) is 0 Å². The fourth-order valence-corrected chi connectivity index (χ4v) is 3.08. The molecule has 0 spiro atoms. The third-order valence-corrected chi connectivity index (χ3v) is 4.66. The zero-order chi connectivity index (χ0) is 14.0. The van der Waals surface area contributed by atoms with Crippen molar-refractivity contribution in [1.82, 2.24) is 0 Å². The normalized spacial score (nSPS) is 12.3. The highest BCUT2D eigenvalue weighted by Crippen LogP contribution is 2.39. The van der Waals surface area contributed by atoms with E-state index in [1.807, 2.05) is 30.3 Å². The van der Waals surface area contributed by atoms with Crippen LogP contribution in [0.2, 0.25) is 10.0 Å². The molecule has 0 bridgehead atoms. The summed E-state index contributed by atoms with van der Waals surface area (Å²) >= 11 is 22.1. The van der Waals surface area contributed by atoms with E-state index in [-0.39, 0.29) is 5.38 Å². The molecule has 0 N–H and O–H groups in total. The topological polar surface area (TPSA) is 9.23 Å². The molecule has 0 saturated carbocycles. The van der Waals surface area contributed by atoms with E-state index in [0.717, 1.165) is 21.3 Å². The van der Waals surface area contributed by atoms with Crippen molar-refractivity contribution in [2.75, 3.05) is 7.11 Å². The van der Waals surface area contributed by atoms with Crippen LogP contribution in [0.1, 0.15) is 16.5 Å². The predicted octanol–water partition coefficient (Wildman–Crippen LogP) is 6.09. The van der Waals surface area contributed by atoms with Crippen molar-refractivity contribution < 1.29 is 4.74 Å². The first kappa shape index (κ1) is 15.0. The quantitative estimate of drug-likeness (QED) is 0.585. The molecule has 0 aromatic heterocycles. The van der Waals surface area contributed by atoms with Crippen molar-refractivity contribution >= 4 is 50.7 Å². The van der Waals surface area contributed by atoms with Crippen LogP contribution in [0, 0.1) is 0 Å². The van der Waals surface area contributed by atoms with E-state index >= 15 is 0 Å². The van der Waals surface area contributed by atoms with E-state index in [9.17, 15) is 0 Å². The summed E-state index contributed by atoms with van der Waals surface area (Å²) < 4.78 is 6.03. The number of methoxy groups -OCH3 is 1. The summed E-state index contributed by atoms with van der Waals surface area (Å²) in [6, 6.07) is 11.1. The van der Waals surface area contributed by atoms with E-state index in [4.69, 9.17) is 39.5 Å². The lowest BCUT2D eigenvalue weighted by molar-refractivity contribution is 0.412. The van der Waals surface area contributed by atoms with Crippen LogP contribution in [-0.4, -0.2) is 7.11 Å². The lowest BCUT2D eigenvalue weighted by atomic mass is 10.0. The van der Waals surface area contributed by atoms with Crippen molar-refractivity contribution in [3.8, 4) is 5.75 Å². The largest absolute Gasteiger partial charge is 0.496 e. The fraction of sp³-hybridized carbons (Fsp3) is 0.143. The van der Waals surface area contributed by atoms with Gasteiger partial charge in [-0.2, -0.15) is 0 Å². The van der Waals surface area contributed by atoms with Crippen LogP contribution in [0.3, 0.4) is 0 Å². The highest BCUT2D eigenvalue weighted by atomic mass is 79.9. The Bertz CT molecular complexity index is 601. The van der Waals surface area contributed by atoms with Crippen LogP contribution in [-0.2, 0) is 0 Å². The summed E-state index contributed by atoms with van der Waals surface area (Å²) in [6.07, 6.45) is 0. The summed E-state index contributed by atoms with van der Waals surface area (Å²) in [4.78, 5) is 0. The molecule has 19 heavy (non-hydrogen) atoms. The molecule has 0 fully saturated rings. The second-order valence-corrected chi connectivity index (χ2v) is 5.98. The number of ether oxygens (including phenoxy) is 1. The summed E-state index contributed by atoms with van der Waals surface area (Å²) in [6.45, 7) is 0. The third-order valence-electron chi connectivity index (χ3n) is 2.72. The Labute approximate surface area is 135 Å². The Morgan fingerprint density at radius 1 is 1.16 bits per heavy atom. The zero-order valence-corrected chi connectivity index (χ0v) is 13.8. The second kappa shape index (κ2) is 6.36. The third kappa shape index (κ3) is 3.19. The van der Waals surface area contributed by atoms with Gasteiger partial charge in [0.1, 0.15) is 5.75 Å². The fourth-order valence-electron chi connectivity index (χ4n) is 1.74. The number of hydrogen-bond acceptors (Lipinski definition) is 1. The highest BCUT2D eigenvalue weighted by molar-refractivity contribution is 9.10. The number of benzene rings is 2.